The van der Waals surface area contributed by atoms with Crippen LogP contribution >= 0.6 is 27.0 Å². The summed E-state index contributed by atoms with van der Waals surface area (Å²) in [5.41, 5.74) is 1.77. The van der Waals surface area contributed by atoms with E-state index in [0.717, 1.165) is 16.5 Å². The number of carbonyl (C=O) groups is 1. The molecule has 2 aromatic carbocycles. The van der Waals surface area contributed by atoms with Crippen LogP contribution in [0.4, 0.5) is 10.1 Å². The first-order valence-corrected chi connectivity index (χ1v) is 10.2. The molecule has 0 saturated carbocycles. The molecule has 3 aromatic rings. The first kappa shape index (κ1) is 27.0. The number of nitro benzene ring substituents is 1. The Balaban J connectivity index is 0.00000204. The zero-order chi connectivity index (χ0) is 22.8. The SMILES string of the molecule is S.S.[C-]#[N+][C@@H]1CC(F)CN1C(=O)[C@@H](C)Cc1c[nH]c2ccc(Oc3ccc([N+](=O)[O-])cc3)cc12. The van der Waals surface area contributed by atoms with Crippen molar-refractivity contribution in [3.63, 3.8) is 0 Å². The lowest BCUT2D eigenvalue weighted by molar-refractivity contribution is -0.384. The molecule has 1 saturated heterocycles. The Labute approximate surface area is 209 Å². The fraction of sp³-hybridized carbons (Fsp3) is 0.304. The normalized spacial score (nSPS) is 17.9. The summed E-state index contributed by atoms with van der Waals surface area (Å²) >= 11 is 0. The van der Waals surface area contributed by atoms with E-state index >= 15 is 0 Å². The standard InChI is InChI=1S/C23H21FN4O4.2H2S/c1-14(23(29)27-13-16(24)10-22(27)25-2)9-15-12-26-21-8-7-19(11-20(15)21)32-18-5-3-17(4-6-18)28(30)31;;/h3-8,11-12,14,16,22,26H,9-10,13H2,1H3;2*1H2/t14-,16?,22-;;/m0../s1. The number of nitrogens with one attached hydrogen (secondary N) is 1. The molecule has 34 heavy (non-hydrogen) atoms. The van der Waals surface area contributed by atoms with Gasteiger partial charge < -0.3 is 9.72 Å². The molecule has 1 aliphatic heterocycles. The van der Waals surface area contributed by atoms with Crippen LogP contribution < -0.4 is 4.74 Å². The van der Waals surface area contributed by atoms with E-state index in [4.69, 9.17) is 11.3 Å². The van der Waals surface area contributed by atoms with Gasteiger partial charge in [-0.1, -0.05) is 6.92 Å². The molecular formula is C23H25FN4O4S2. The molecule has 4 rings (SSSR count). The number of nitrogens with zero attached hydrogens (tertiary/aromatic N) is 3. The van der Waals surface area contributed by atoms with E-state index in [0.29, 0.717) is 17.9 Å². The fourth-order valence-corrected chi connectivity index (χ4v) is 3.99. The van der Waals surface area contributed by atoms with E-state index in [2.05, 4.69) is 9.83 Å². The monoisotopic (exact) mass is 504 g/mol. The number of H-pyrrole nitrogens is 1. The maximum absolute atomic E-state index is 13.7. The number of rotatable bonds is 6. The lowest BCUT2D eigenvalue weighted by atomic mass is 9.99. The van der Waals surface area contributed by atoms with Gasteiger partial charge in [-0.3, -0.25) is 24.7 Å². The van der Waals surface area contributed by atoms with E-state index in [1.165, 1.54) is 29.2 Å². The largest absolute Gasteiger partial charge is 0.457 e. The summed E-state index contributed by atoms with van der Waals surface area (Å²) in [6.45, 7) is 8.97. The molecule has 0 radical (unpaired) electrons. The molecule has 1 aliphatic rings. The predicted octanol–water partition coefficient (Wildman–Crippen LogP) is 5.09. The second-order valence-electron chi connectivity index (χ2n) is 7.91. The summed E-state index contributed by atoms with van der Waals surface area (Å²) < 4.78 is 19.5. The van der Waals surface area contributed by atoms with Gasteiger partial charge in [0.1, 0.15) is 17.7 Å². The third-order valence-electron chi connectivity index (χ3n) is 5.62. The number of benzene rings is 2. The van der Waals surface area contributed by atoms with Crippen molar-refractivity contribution in [1.82, 2.24) is 9.88 Å². The van der Waals surface area contributed by atoms with Crippen molar-refractivity contribution in [1.29, 1.82) is 0 Å². The third-order valence-corrected chi connectivity index (χ3v) is 5.62. The van der Waals surface area contributed by atoms with Crippen molar-refractivity contribution in [2.24, 2.45) is 5.92 Å². The van der Waals surface area contributed by atoms with Crippen LogP contribution in [0.15, 0.2) is 48.7 Å². The predicted molar refractivity (Wildman–Crippen MR) is 137 cm³/mol. The topological polar surface area (TPSA) is 92.8 Å². The molecule has 0 aliphatic carbocycles. The first-order valence-electron chi connectivity index (χ1n) is 10.2. The van der Waals surface area contributed by atoms with Crippen molar-refractivity contribution >= 4 is 49.5 Å². The van der Waals surface area contributed by atoms with Gasteiger partial charge >= 0.3 is 6.17 Å². The highest BCUT2D eigenvalue weighted by atomic mass is 32.1. The number of ether oxygens (including phenoxy) is 1. The van der Waals surface area contributed by atoms with Crippen LogP contribution in [-0.2, 0) is 11.2 Å². The van der Waals surface area contributed by atoms with Gasteiger partial charge in [0.05, 0.1) is 17.9 Å². The number of aromatic nitrogens is 1. The van der Waals surface area contributed by atoms with E-state index in [1.807, 2.05) is 18.3 Å². The minimum absolute atomic E-state index is 0. The minimum Gasteiger partial charge on any atom is -0.457 e. The van der Waals surface area contributed by atoms with Gasteiger partial charge in [0.2, 0.25) is 5.91 Å². The summed E-state index contributed by atoms with van der Waals surface area (Å²) in [6, 6.07) is 11.3. The summed E-state index contributed by atoms with van der Waals surface area (Å²) in [7, 11) is 0. The van der Waals surface area contributed by atoms with E-state index in [9.17, 15) is 19.3 Å². The minimum atomic E-state index is -1.16. The van der Waals surface area contributed by atoms with Crippen molar-refractivity contribution < 1.29 is 18.8 Å². The Bertz CT molecular complexity index is 1210. The summed E-state index contributed by atoms with van der Waals surface area (Å²) in [5.74, 6) is 0.385. The van der Waals surface area contributed by atoms with Gasteiger partial charge in [-0.05, 0) is 42.3 Å². The second kappa shape index (κ2) is 11.3. The van der Waals surface area contributed by atoms with Crippen molar-refractivity contribution in [2.75, 3.05) is 6.54 Å². The van der Waals surface area contributed by atoms with Crippen LogP contribution in [0.1, 0.15) is 18.9 Å². The molecule has 8 nitrogen and oxygen atoms in total. The molecule has 1 fully saturated rings. The van der Waals surface area contributed by atoms with Crippen LogP contribution in [0.5, 0.6) is 11.5 Å². The summed E-state index contributed by atoms with van der Waals surface area (Å²) in [4.78, 5) is 31.1. The Morgan fingerprint density at radius 1 is 1.29 bits per heavy atom. The van der Waals surface area contributed by atoms with Crippen molar-refractivity contribution in [2.45, 2.75) is 32.1 Å². The molecule has 2 heterocycles. The average molecular weight is 505 g/mol. The molecular weight excluding hydrogens is 479 g/mol. The molecule has 1 N–H and O–H groups in total. The molecule has 0 bridgehead atoms. The Hall–Kier alpha value is -3.23. The number of carbonyl (C=O) groups excluding carboxylic acids is 1. The van der Waals surface area contributed by atoms with Crippen LogP contribution in [0.3, 0.4) is 0 Å². The van der Waals surface area contributed by atoms with E-state index in [1.54, 1.807) is 13.0 Å². The van der Waals surface area contributed by atoms with Crippen LogP contribution in [0, 0.1) is 22.6 Å². The Morgan fingerprint density at radius 3 is 2.62 bits per heavy atom. The lowest BCUT2D eigenvalue weighted by Gasteiger charge is -2.20. The number of hydrogen-bond acceptors (Lipinski definition) is 4. The highest BCUT2D eigenvalue weighted by Crippen LogP contribution is 2.30. The quantitative estimate of drug-likeness (QED) is 0.288. The molecule has 1 amide bonds. The molecule has 11 heteroatoms. The highest BCUT2D eigenvalue weighted by molar-refractivity contribution is 7.59. The maximum Gasteiger partial charge on any atom is 0.303 e. The zero-order valence-electron chi connectivity index (χ0n) is 18.3. The lowest BCUT2D eigenvalue weighted by Crippen LogP contribution is -2.38. The number of hydrogen-bond donors (Lipinski definition) is 1. The van der Waals surface area contributed by atoms with Crippen LogP contribution in [-0.4, -0.2) is 39.6 Å². The smallest absolute Gasteiger partial charge is 0.303 e. The number of nitro groups is 1. The summed E-state index contributed by atoms with van der Waals surface area (Å²) in [5, 5.41) is 11.7. The molecule has 1 unspecified atom stereocenters. The van der Waals surface area contributed by atoms with E-state index < -0.39 is 23.2 Å². The van der Waals surface area contributed by atoms with Gasteiger partial charge in [-0.25, -0.2) is 11.0 Å². The van der Waals surface area contributed by atoms with Gasteiger partial charge in [0, 0.05) is 35.2 Å². The van der Waals surface area contributed by atoms with E-state index in [-0.39, 0.29) is 51.6 Å². The molecule has 3 atom stereocenters. The number of aromatic amines is 1. The highest BCUT2D eigenvalue weighted by Gasteiger charge is 2.41. The first-order chi connectivity index (χ1) is 15.4. The van der Waals surface area contributed by atoms with Gasteiger partial charge in [-0.15, -0.1) is 0 Å². The zero-order valence-corrected chi connectivity index (χ0v) is 20.3. The molecule has 0 spiro atoms. The number of halogens is 1. The maximum atomic E-state index is 13.7. The van der Waals surface area contributed by atoms with Gasteiger partial charge in [0.15, 0.2) is 0 Å². The number of fused-ring (bicyclic) bond motifs is 1. The number of amides is 1. The van der Waals surface area contributed by atoms with Crippen LogP contribution in [0.2, 0.25) is 0 Å². The molecule has 1 aromatic heterocycles. The van der Waals surface area contributed by atoms with Crippen molar-refractivity contribution in [3.8, 4) is 11.5 Å². The Kier molecular flexibility index (Phi) is 8.95. The van der Waals surface area contributed by atoms with Gasteiger partial charge in [0.25, 0.3) is 5.69 Å². The summed E-state index contributed by atoms with van der Waals surface area (Å²) in [6.07, 6.45) is 0.441. The number of alkyl halides is 1. The second-order valence-corrected chi connectivity index (χ2v) is 7.91. The molecule has 180 valence electrons. The van der Waals surface area contributed by atoms with Gasteiger partial charge in [-0.2, -0.15) is 27.0 Å². The average Bonchev–Trinajstić information content (AvgIpc) is 3.36. The Morgan fingerprint density at radius 2 is 1.97 bits per heavy atom. The van der Waals surface area contributed by atoms with Crippen LogP contribution in [0.25, 0.3) is 15.7 Å². The number of non-ortho nitro benzene ring substituents is 1. The van der Waals surface area contributed by atoms with Crippen molar-refractivity contribution in [3.05, 3.63) is 75.8 Å². The fourth-order valence-electron chi connectivity index (χ4n) is 3.99. The number of likely N-dealkylation sites (tertiary alicyclic amines) is 1. The third kappa shape index (κ3) is 5.63.